The first kappa shape index (κ1) is 16.5. The lowest BCUT2D eigenvalue weighted by molar-refractivity contribution is 0.0950. The minimum atomic E-state index is -0.0505. The van der Waals surface area contributed by atoms with Crippen LogP contribution in [-0.2, 0) is 0 Å². The molecule has 1 aliphatic heterocycles. The molecule has 0 aromatic carbocycles. The van der Waals surface area contributed by atoms with Gasteiger partial charge in [0.1, 0.15) is 5.52 Å². The van der Waals surface area contributed by atoms with Crippen molar-refractivity contribution in [3.05, 3.63) is 24.2 Å². The largest absolute Gasteiger partial charge is 0.352 e. The molecule has 1 atom stereocenters. The fourth-order valence-corrected chi connectivity index (χ4v) is 4.29. The maximum Gasteiger partial charge on any atom is 0.252 e. The molecule has 2 fully saturated rings. The second-order valence-electron chi connectivity index (χ2n) is 7.48. The lowest BCUT2D eigenvalue weighted by Crippen LogP contribution is -2.31. The van der Waals surface area contributed by atoms with E-state index < -0.39 is 0 Å². The number of pyridine rings is 1. The highest BCUT2D eigenvalue weighted by Gasteiger charge is 2.21. The average molecular weight is 341 g/mol. The molecule has 1 N–H and O–H groups in total. The Morgan fingerprint density at radius 2 is 2.08 bits per heavy atom. The molecule has 2 aromatic rings. The number of carbonyl (C=O) groups excluding carboxylic acids is 1. The lowest BCUT2D eigenvalue weighted by Gasteiger charge is -2.19. The summed E-state index contributed by atoms with van der Waals surface area (Å²) >= 11 is 0. The molecule has 3 heterocycles. The highest BCUT2D eigenvalue weighted by atomic mass is 16.1. The molecule has 1 saturated heterocycles. The smallest absolute Gasteiger partial charge is 0.252 e. The molecule has 134 valence electrons. The minimum absolute atomic E-state index is 0.0505. The molecule has 0 radical (unpaired) electrons. The summed E-state index contributed by atoms with van der Waals surface area (Å²) < 4.78 is 2.18. The quantitative estimate of drug-likeness (QED) is 0.908. The zero-order valence-corrected chi connectivity index (χ0v) is 14.9. The Morgan fingerprint density at radius 1 is 1.24 bits per heavy atom. The van der Waals surface area contributed by atoms with Gasteiger partial charge in [-0.15, -0.1) is 0 Å². The van der Waals surface area contributed by atoms with Crippen molar-refractivity contribution in [2.75, 3.05) is 20.1 Å². The number of likely N-dealkylation sites (tertiary alicyclic amines) is 1. The topological polar surface area (TPSA) is 63.1 Å². The fraction of sp³-hybridized carbons (Fsp3) is 0.632. The number of nitrogens with zero attached hydrogens (tertiary/aromatic N) is 4. The van der Waals surface area contributed by atoms with Crippen LogP contribution in [0, 0.1) is 0 Å². The molecule has 25 heavy (non-hydrogen) atoms. The van der Waals surface area contributed by atoms with Gasteiger partial charge in [-0.05, 0) is 51.8 Å². The summed E-state index contributed by atoms with van der Waals surface area (Å²) in [6.07, 6.45) is 12.0. The molecule has 1 amide bonds. The number of carbonyl (C=O) groups is 1. The van der Waals surface area contributed by atoms with Gasteiger partial charge < -0.3 is 14.8 Å². The molecule has 6 heteroatoms. The van der Waals surface area contributed by atoms with Gasteiger partial charge >= 0.3 is 0 Å². The van der Waals surface area contributed by atoms with Crippen molar-refractivity contribution in [2.24, 2.45) is 0 Å². The van der Waals surface area contributed by atoms with Gasteiger partial charge in [-0.25, -0.2) is 9.97 Å². The molecule has 1 aliphatic carbocycles. The summed E-state index contributed by atoms with van der Waals surface area (Å²) in [4.78, 5) is 23.8. The summed E-state index contributed by atoms with van der Waals surface area (Å²) in [5.74, 6) is -0.0505. The Labute approximate surface area is 148 Å². The maximum absolute atomic E-state index is 12.4. The lowest BCUT2D eigenvalue weighted by atomic mass is 10.1. The predicted molar refractivity (Wildman–Crippen MR) is 97.6 cm³/mol. The third kappa shape index (κ3) is 3.40. The molecule has 4 rings (SSSR count). The normalized spacial score (nSPS) is 22.0. The number of hydrogen-bond acceptors (Lipinski definition) is 4. The van der Waals surface area contributed by atoms with E-state index in [0.717, 1.165) is 17.6 Å². The molecule has 1 unspecified atom stereocenters. The van der Waals surface area contributed by atoms with E-state index in [1.165, 1.54) is 45.1 Å². The monoisotopic (exact) mass is 341 g/mol. The summed E-state index contributed by atoms with van der Waals surface area (Å²) in [5.41, 5.74) is 2.31. The summed E-state index contributed by atoms with van der Waals surface area (Å²) in [7, 11) is 2.16. The Morgan fingerprint density at radius 3 is 2.84 bits per heavy atom. The van der Waals surface area contributed by atoms with Crippen LogP contribution < -0.4 is 5.32 Å². The van der Waals surface area contributed by atoms with E-state index in [9.17, 15) is 4.79 Å². The highest BCUT2D eigenvalue weighted by Crippen LogP contribution is 2.31. The zero-order chi connectivity index (χ0) is 17.2. The van der Waals surface area contributed by atoms with Crippen molar-refractivity contribution in [2.45, 2.75) is 57.0 Å². The zero-order valence-electron chi connectivity index (χ0n) is 14.9. The molecule has 0 bridgehead atoms. The van der Waals surface area contributed by atoms with Gasteiger partial charge in [-0.3, -0.25) is 4.79 Å². The predicted octanol–water partition coefficient (Wildman–Crippen LogP) is 2.76. The third-order valence-corrected chi connectivity index (χ3v) is 5.83. The van der Waals surface area contributed by atoms with Crippen LogP contribution in [0.1, 0.15) is 61.3 Å². The van der Waals surface area contributed by atoms with E-state index in [1.54, 1.807) is 6.20 Å². The van der Waals surface area contributed by atoms with Gasteiger partial charge in [-0.2, -0.15) is 0 Å². The fourth-order valence-electron chi connectivity index (χ4n) is 4.29. The molecule has 6 nitrogen and oxygen atoms in total. The number of rotatable bonds is 5. The van der Waals surface area contributed by atoms with Gasteiger partial charge in [0.2, 0.25) is 0 Å². The standard InChI is InChI=1S/C19H27N5O/c1-23-10-4-7-15(23)8-9-20-19(25)14-11-17-18(21-12-14)24(13-22-17)16-5-2-3-6-16/h11-13,15-16H,2-10H2,1H3,(H,20,25). The summed E-state index contributed by atoms with van der Waals surface area (Å²) in [6, 6.07) is 2.98. The SMILES string of the molecule is CN1CCCC1CCNC(=O)c1cnc2c(c1)ncn2C1CCCC1. The van der Waals surface area contributed by atoms with Gasteiger partial charge in [-0.1, -0.05) is 12.8 Å². The van der Waals surface area contributed by atoms with Crippen molar-refractivity contribution in [3.8, 4) is 0 Å². The Kier molecular flexibility index (Phi) is 4.70. The van der Waals surface area contributed by atoms with E-state index >= 15 is 0 Å². The van der Waals surface area contributed by atoms with E-state index in [4.69, 9.17) is 0 Å². The highest BCUT2D eigenvalue weighted by molar-refractivity contribution is 5.96. The number of nitrogens with one attached hydrogen (secondary N) is 1. The first-order valence-electron chi connectivity index (χ1n) is 9.53. The maximum atomic E-state index is 12.4. The van der Waals surface area contributed by atoms with Gasteiger partial charge in [0.15, 0.2) is 5.65 Å². The number of aromatic nitrogens is 3. The number of amides is 1. The van der Waals surface area contributed by atoms with Gasteiger partial charge in [0.25, 0.3) is 5.91 Å². The van der Waals surface area contributed by atoms with Crippen LogP contribution in [0.5, 0.6) is 0 Å². The molecule has 2 aromatic heterocycles. The summed E-state index contributed by atoms with van der Waals surface area (Å²) in [6.45, 7) is 1.88. The van der Waals surface area contributed by atoms with Crippen LogP contribution in [0.2, 0.25) is 0 Å². The van der Waals surface area contributed by atoms with Crippen molar-refractivity contribution >= 4 is 17.1 Å². The molecule has 1 saturated carbocycles. The second-order valence-corrected chi connectivity index (χ2v) is 7.48. The first-order chi connectivity index (χ1) is 12.2. The van der Waals surface area contributed by atoms with E-state index in [2.05, 4.69) is 31.8 Å². The van der Waals surface area contributed by atoms with Crippen molar-refractivity contribution in [1.29, 1.82) is 0 Å². The van der Waals surface area contributed by atoms with Gasteiger partial charge in [0, 0.05) is 24.8 Å². The Balaban J connectivity index is 1.40. The third-order valence-electron chi connectivity index (χ3n) is 5.83. The second kappa shape index (κ2) is 7.12. The number of imidazole rings is 1. The van der Waals surface area contributed by atoms with Crippen molar-refractivity contribution < 1.29 is 4.79 Å². The number of hydrogen-bond donors (Lipinski definition) is 1. The van der Waals surface area contributed by atoms with E-state index in [1.807, 2.05) is 12.4 Å². The first-order valence-corrected chi connectivity index (χ1v) is 9.53. The van der Waals surface area contributed by atoms with Crippen LogP contribution in [0.15, 0.2) is 18.6 Å². The average Bonchev–Trinajstić information content (AvgIpc) is 3.34. The van der Waals surface area contributed by atoms with Crippen LogP contribution >= 0.6 is 0 Å². The molecular formula is C19H27N5O. The molecular weight excluding hydrogens is 314 g/mol. The minimum Gasteiger partial charge on any atom is -0.352 e. The van der Waals surface area contributed by atoms with Crippen molar-refractivity contribution in [1.82, 2.24) is 24.8 Å². The molecule has 0 spiro atoms. The Bertz CT molecular complexity index is 749. The molecule has 2 aliphatic rings. The van der Waals surface area contributed by atoms with E-state index in [-0.39, 0.29) is 5.91 Å². The summed E-state index contributed by atoms with van der Waals surface area (Å²) in [5, 5.41) is 3.03. The van der Waals surface area contributed by atoms with Crippen LogP contribution in [0.25, 0.3) is 11.2 Å². The van der Waals surface area contributed by atoms with Gasteiger partial charge in [0.05, 0.1) is 11.9 Å². The van der Waals surface area contributed by atoms with Crippen LogP contribution in [-0.4, -0.2) is 51.5 Å². The van der Waals surface area contributed by atoms with Crippen molar-refractivity contribution in [3.63, 3.8) is 0 Å². The number of fused-ring (bicyclic) bond motifs is 1. The van der Waals surface area contributed by atoms with E-state index in [0.29, 0.717) is 24.2 Å². The van der Waals surface area contributed by atoms with Crippen LogP contribution in [0.4, 0.5) is 0 Å². The Hall–Kier alpha value is -1.95. The van der Waals surface area contributed by atoms with Crippen LogP contribution in [0.3, 0.4) is 0 Å².